The van der Waals surface area contributed by atoms with Crippen LogP contribution in [0.3, 0.4) is 0 Å². The van der Waals surface area contributed by atoms with E-state index in [1.165, 1.54) is 0 Å². The number of para-hydroxylation sites is 1. The van der Waals surface area contributed by atoms with Crippen LogP contribution >= 0.6 is 0 Å². The second-order valence-corrected chi connectivity index (χ2v) is 7.72. The molecule has 6 heteroatoms. The Balaban J connectivity index is 1.62. The van der Waals surface area contributed by atoms with Crippen molar-refractivity contribution in [2.45, 2.75) is 38.5 Å². The number of methoxy groups -OCH3 is 1. The van der Waals surface area contributed by atoms with Crippen LogP contribution in [-0.4, -0.2) is 38.9 Å². The fourth-order valence-electron chi connectivity index (χ4n) is 3.46. The predicted octanol–water partition coefficient (Wildman–Crippen LogP) is 3.68. The minimum Gasteiger partial charge on any atom is -0.491 e. The topological polar surface area (TPSA) is 64.1 Å². The average molecular weight is 398 g/mol. The molecule has 2 aromatic rings. The fraction of sp³-hybridized carbons (Fsp3) is 0.435. The lowest BCUT2D eigenvalue weighted by atomic mass is 9.90. The van der Waals surface area contributed by atoms with Crippen LogP contribution in [0.25, 0.3) is 0 Å². The zero-order chi connectivity index (χ0) is 20.7. The Labute approximate surface area is 173 Å². The fourth-order valence-corrected chi connectivity index (χ4v) is 3.46. The van der Waals surface area contributed by atoms with Crippen LogP contribution in [0.5, 0.6) is 11.5 Å². The summed E-state index contributed by atoms with van der Waals surface area (Å²) < 4.78 is 16.8. The maximum absolute atomic E-state index is 6.12. The molecule has 0 bridgehead atoms. The van der Waals surface area contributed by atoms with Crippen molar-refractivity contribution in [3.63, 3.8) is 0 Å². The number of nitrogens with one attached hydrogen (secondary N) is 2. The van der Waals surface area contributed by atoms with E-state index in [1.54, 1.807) is 14.2 Å². The zero-order valence-corrected chi connectivity index (χ0v) is 17.7. The Morgan fingerprint density at radius 2 is 2.00 bits per heavy atom. The number of rotatable bonds is 7. The molecule has 6 nitrogen and oxygen atoms in total. The van der Waals surface area contributed by atoms with Gasteiger partial charge >= 0.3 is 0 Å². The number of hydrogen-bond donors (Lipinski definition) is 2. The second kappa shape index (κ2) is 9.65. The van der Waals surface area contributed by atoms with E-state index < -0.39 is 0 Å². The van der Waals surface area contributed by atoms with Crippen LogP contribution in [-0.2, 0) is 11.3 Å². The van der Waals surface area contributed by atoms with Gasteiger partial charge in [0.05, 0.1) is 12.6 Å². The molecule has 2 N–H and O–H groups in total. The molecule has 1 unspecified atom stereocenters. The number of fused-ring (bicyclic) bond motifs is 1. The third-order valence-corrected chi connectivity index (χ3v) is 4.83. The maximum atomic E-state index is 6.12. The first kappa shape index (κ1) is 21.0. The Hall–Kier alpha value is -2.73. The molecule has 0 aliphatic carbocycles. The highest BCUT2D eigenvalue weighted by Gasteiger charge is 2.33. The normalized spacial score (nSPS) is 17.8. The van der Waals surface area contributed by atoms with Crippen molar-refractivity contribution in [2.75, 3.05) is 27.4 Å². The van der Waals surface area contributed by atoms with E-state index in [-0.39, 0.29) is 11.6 Å². The third kappa shape index (κ3) is 5.87. The van der Waals surface area contributed by atoms with Gasteiger partial charge in [-0.15, -0.1) is 0 Å². The molecule has 0 saturated carbocycles. The van der Waals surface area contributed by atoms with Gasteiger partial charge in [0.2, 0.25) is 0 Å². The van der Waals surface area contributed by atoms with Crippen LogP contribution in [0, 0.1) is 0 Å². The Morgan fingerprint density at radius 3 is 2.79 bits per heavy atom. The van der Waals surface area contributed by atoms with Gasteiger partial charge in [0, 0.05) is 32.7 Å². The molecular formula is C23H31N3O3. The Bertz CT molecular complexity index is 836. The van der Waals surface area contributed by atoms with E-state index in [1.807, 2.05) is 36.4 Å². The largest absolute Gasteiger partial charge is 0.491 e. The number of nitrogens with zero attached hydrogens (tertiary/aromatic N) is 1. The molecule has 1 aliphatic rings. The molecule has 156 valence electrons. The van der Waals surface area contributed by atoms with Crippen LogP contribution in [0.1, 0.15) is 37.4 Å². The standard InChI is InChI=1S/C23H31N3O3/c1-23(2)15-20(19-10-5-6-11-21(19)29-23)26-22(24-3)25-16-17-8-7-9-18(14-17)28-13-12-27-4/h5-11,14,20H,12-13,15-16H2,1-4H3,(H2,24,25,26). The van der Waals surface area contributed by atoms with Gasteiger partial charge in [0.25, 0.3) is 0 Å². The number of guanidine groups is 1. The number of benzene rings is 2. The summed E-state index contributed by atoms with van der Waals surface area (Å²) in [4.78, 5) is 4.41. The molecule has 1 heterocycles. The van der Waals surface area contributed by atoms with E-state index in [2.05, 4.69) is 41.6 Å². The summed E-state index contributed by atoms with van der Waals surface area (Å²) >= 11 is 0. The summed E-state index contributed by atoms with van der Waals surface area (Å²) in [5.74, 6) is 2.52. The molecule has 0 spiro atoms. The van der Waals surface area contributed by atoms with Crippen molar-refractivity contribution in [3.05, 3.63) is 59.7 Å². The SMILES string of the molecule is CN=C(NCc1cccc(OCCOC)c1)NC1CC(C)(C)Oc2ccccc21. The molecule has 0 aromatic heterocycles. The van der Waals surface area contributed by atoms with E-state index in [0.29, 0.717) is 19.8 Å². The lowest BCUT2D eigenvalue weighted by Gasteiger charge is -2.38. The summed E-state index contributed by atoms with van der Waals surface area (Å²) in [5.41, 5.74) is 2.04. The molecule has 29 heavy (non-hydrogen) atoms. The van der Waals surface area contributed by atoms with Crippen LogP contribution in [0.2, 0.25) is 0 Å². The first-order chi connectivity index (χ1) is 14.0. The molecule has 1 atom stereocenters. The van der Waals surface area contributed by atoms with Crippen molar-refractivity contribution in [2.24, 2.45) is 4.99 Å². The monoisotopic (exact) mass is 397 g/mol. The summed E-state index contributed by atoms with van der Waals surface area (Å²) in [6.07, 6.45) is 0.855. The van der Waals surface area contributed by atoms with E-state index in [9.17, 15) is 0 Å². The number of aliphatic imine (C=N–C) groups is 1. The number of ether oxygens (including phenoxy) is 3. The van der Waals surface area contributed by atoms with Gasteiger partial charge in [-0.05, 0) is 37.6 Å². The molecular weight excluding hydrogens is 366 g/mol. The molecule has 0 saturated heterocycles. The van der Waals surface area contributed by atoms with Crippen molar-refractivity contribution < 1.29 is 14.2 Å². The van der Waals surface area contributed by atoms with Crippen LogP contribution < -0.4 is 20.1 Å². The molecule has 0 radical (unpaired) electrons. The van der Waals surface area contributed by atoms with E-state index >= 15 is 0 Å². The minimum atomic E-state index is -0.237. The highest BCUT2D eigenvalue weighted by atomic mass is 16.5. The molecule has 0 fully saturated rings. The molecule has 0 amide bonds. The quantitative estimate of drug-likeness (QED) is 0.424. The molecule has 3 rings (SSSR count). The smallest absolute Gasteiger partial charge is 0.191 e. The van der Waals surface area contributed by atoms with Gasteiger partial charge in [-0.3, -0.25) is 4.99 Å². The number of hydrogen-bond acceptors (Lipinski definition) is 4. The van der Waals surface area contributed by atoms with Gasteiger partial charge in [-0.25, -0.2) is 0 Å². The van der Waals surface area contributed by atoms with Crippen molar-refractivity contribution in [1.82, 2.24) is 10.6 Å². The Morgan fingerprint density at radius 1 is 1.17 bits per heavy atom. The molecule has 2 aromatic carbocycles. The average Bonchev–Trinajstić information content (AvgIpc) is 2.70. The minimum absolute atomic E-state index is 0.130. The van der Waals surface area contributed by atoms with E-state index in [0.717, 1.165) is 35.0 Å². The van der Waals surface area contributed by atoms with Gasteiger partial charge < -0.3 is 24.8 Å². The predicted molar refractivity (Wildman–Crippen MR) is 116 cm³/mol. The summed E-state index contributed by atoms with van der Waals surface area (Å²) in [6, 6.07) is 16.3. The highest BCUT2D eigenvalue weighted by molar-refractivity contribution is 5.80. The van der Waals surface area contributed by atoms with Crippen molar-refractivity contribution in [1.29, 1.82) is 0 Å². The second-order valence-electron chi connectivity index (χ2n) is 7.72. The van der Waals surface area contributed by atoms with Gasteiger partial charge in [0.15, 0.2) is 5.96 Å². The van der Waals surface area contributed by atoms with E-state index in [4.69, 9.17) is 14.2 Å². The summed E-state index contributed by atoms with van der Waals surface area (Å²) in [6.45, 7) is 5.98. The highest BCUT2D eigenvalue weighted by Crippen LogP contribution is 2.39. The maximum Gasteiger partial charge on any atom is 0.191 e. The van der Waals surface area contributed by atoms with Crippen molar-refractivity contribution >= 4 is 5.96 Å². The third-order valence-electron chi connectivity index (χ3n) is 4.83. The van der Waals surface area contributed by atoms with Crippen LogP contribution in [0.15, 0.2) is 53.5 Å². The molecule has 1 aliphatic heterocycles. The first-order valence-corrected chi connectivity index (χ1v) is 9.96. The summed E-state index contributed by atoms with van der Waals surface area (Å²) in [5, 5.41) is 6.96. The van der Waals surface area contributed by atoms with Gasteiger partial charge in [0.1, 0.15) is 23.7 Å². The summed E-state index contributed by atoms with van der Waals surface area (Å²) in [7, 11) is 3.45. The Kier molecular flexibility index (Phi) is 6.99. The first-order valence-electron chi connectivity index (χ1n) is 9.96. The lowest BCUT2D eigenvalue weighted by Crippen LogP contribution is -2.45. The van der Waals surface area contributed by atoms with Gasteiger partial charge in [-0.2, -0.15) is 0 Å². The van der Waals surface area contributed by atoms with Crippen LogP contribution in [0.4, 0.5) is 0 Å². The van der Waals surface area contributed by atoms with Gasteiger partial charge in [-0.1, -0.05) is 30.3 Å². The van der Waals surface area contributed by atoms with Crippen molar-refractivity contribution in [3.8, 4) is 11.5 Å². The lowest BCUT2D eigenvalue weighted by molar-refractivity contribution is 0.0694. The zero-order valence-electron chi connectivity index (χ0n) is 17.7.